The van der Waals surface area contributed by atoms with E-state index in [9.17, 15) is 4.79 Å². The van der Waals surface area contributed by atoms with Crippen LogP contribution in [-0.4, -0.2) is 57.6 Å². The molecule has 0 spiro atoms. The molecular weight excluding hydrogens is 374 g/mol. The Balaban J connectivity index is 0.000000438. The largest absolute Gasteiger partial charge is 0.473 e. The van der Waals surface area contributed by atoms with Gasteiger partial charge in [-0.15, -0.1) is 0 Å². The van der Waals surface area contributed by atoms with Gasteiger partial charge in [-0.05, 0) is 56.3 Å². The fourth-order valence-electron chi connectivity index (χ4n) is 3.95. The lowest BCUT2D eigenvalue weighted by atomic mass is 9.88. The molecule has 0 radical (unpaired) electrons. The van der Waals surface area contributed by atoms with Crippen molar-refractivity contribution in [3.63, 3.8) is 0 Å². The van der Waals surface area contributed by atoms with Crippen LogP contribution in [0, 0.1) is 11.8 Å². The molecule has 29 heavy (non-hydrogen) atoms. The topological polar surface area (TPSA) is 120 Å². The molecule has 1 saturated heterocycles. The van der Waals surface area contributed by atoms with Crippen molar-refractivity contribution in [1.29, 1.82) is 0 Å². The number of nitrogens with zero attached hydrogens (tertiary/aromatic N) is 2. The maximum absolute atomic E-state index is 12.3. The fourth-order valence-corrected chi connectivity index (χ4v) is 3.95. The number of carboxylic acid groups (broad SMARTS) is 2. The molecule has 1 amide bonds. The normalized spacial score (nSPS) is 18.3. The van der Waals surface area contributed by atoms with Crippen molar-refractivity contribution in [1.82, 2.24) is 15.2 Å². The molecule has 1 aromatic rings. The summed E-state index contributed by atoms with van der Waals surface area (Å²) in [5.41, 5.74) is 1.07. The van der Waals surface area contributed by atoms with E-state index < -0.39 is 11.9 Å². The molecule has 2 aliphatic rings. The average Bonchev–Trinajstić information content (AvgIpc) is 2.74. The van der Waals surface area contributed by atoms with E-state index in [1.165, 1.54) is 38.6 Å². The van der Waals surface area contributed by atoms with Crippen LogP contribution in [0.15, 0.2) is 24.5 Å². The molecule has 0 atom stereocenters. The minimum atomic E-state index is -1.82. The summed E-state index contributed by atoms with van der Waals surface area (Å²) in [4.78, 5) is 37.2. The minimum Gasteiger partial charge on any atom is -0.473 e. The summed E-state index contributed by atoms with van der Waals surface area (Å²) in [5.74, 6) is -2.34. The van der Waals surface area contributed by atoms with Crippen LogP contribution in [0.1, 0.15) is 50.5 Å². The van der Waals surface area contributed by atoms with Crippen LogP contribution in [-0.2, 0) is 20.9 Å². The van der Waals surface area contributed by atoms with E-state index in [1.807, 2.05) is 18.3 Å². The number of aliphatic carboxylic acids is 2. The minimum absolute atomic E-state index is 0.189. The molecule has 0 aromatic carbocycles. The lowest BCUT2D eigenvalue weighted by Gasteiger charge is -2.34. The quantitative estimate of drug-likeness (QED) is 0.642. The van der Waals surface area contributed by atoms with E-state index in [4.69, 9.17) is 19.8 Å². The maximum atomic E-state index is 12.3. The van der Waals surface area contributed by atoms with Crippen LogP contribution < -0.4 is 5.32 Å². The van der Waals surface area contributed by atoms with Gasteiger partial charge in [0.25, 0.3) is 0 Å². The first kappa shape index (κ1) is 22.8. The zero-order chi connectivity index (χ0) is 21.1. The van der Waals surface area contributed by atoms with Crippen molar-refractivity contribution in [2.24, 2.45) is 11.8 Å². The zero-order valence-corrected chi connectivity index (χ0v) is 16.8. The summed E-state index contributed by atoms with van der Waals surface area (Å²) < 4.78 is 0. The maximum Gasteiger partial charge on any atom is 0.414 e. The number of nitrogens with one attached hydrogen (secondary N) is 1. The van der Waals surface area contributed by atoms with E-state index >= 15 is 0 Å². The predicted octanol–water partition coefficient (Wildman–Crippen LogP) is 2.15. The molecule has 2 heterocycles. The van der Waals surface area contributed by atoms with Gasteiger partial charge in [-0.3, -0.25) is 9.78 Å². The fraction of sp³-hybridized carbons (Fsp3) is 0.619. The number of amides is 1. The van der Waals surface area contributed by atoms with E-state index in [0.717, 1.165) is 37.4 Å². The number of carbonyl (C=O) groups is 3. The molecule has 8 nitrogen and oxygen atoms in total. The number of likely N-dealkylation sites (tertiary alicyclic amines) is 1. The Kier molecular flexibility index (Phi) is 9.56. The lowest BCUT2D eigenvalue weighted by Crippen LogP contribution is -2.42. The Morgan fingerprint density at radius 1 is 1.03 bits per heavy atom. The van der Waals surface area contributed by atoms with Gasteiger partial charge in [-0.25, -0.2) is 9.59 Å². The molecule has 1 aliphatic carbocycles. The molecule has 3 N–H and O–H groups in total. The van der Waals surface area contributed by atoms with Crippen molar-refractivity contribution in [3.8, 4) is 0 Å². The first-order chi connectivity index (χ1) is 14.0. The molecular formula is C21H31N3O5. The Bertz CT molecular complexity index is 642. The van der Waals surface area contributed by atoms with Crippen LogP contribution in [0.4, 0.5) is 0 Å². The molecule has 160 valence electrons. The zero-order valence-electron chi connectivity index (χ0n) is 16.8. The number of rotatable bonds is 5. The number of pyridine rings is 1. The SMILES string of the molecule is O=C(NCc1cccnc1)C1CCN(CC2CCCCC2)CC1.O=C(O)C(=O)O. The summed E-state index contributed by atoms with van der Waals surface area (Å²) >= 11 is 0. The molecule has 3 rings (SSSR count). The molecule has 1 saturated carbocycles. The van der Waals surface area contributed by atoms with Crippen molar-refractivity contribution in [2.75, 3.05) is 19.6 Å². The highest BCUT2D eigenvalue weighted by molar-refractivity contribution is 6.27. The highest BCUT2D eigenvalue weighted by Crippen LogP contribution is 2.26. The molecule has 1 aromatic heterocycles. The highest BCUT2D eigenvalue weighted by Gasteiger charge is 2.26. The smallest absolute Gasteiger partial charge is 0.414 e. The first-order valence-electron chi connectivity index (χ1n) is 10.3. The Hall–Kier alpha value is -2.48. The number of hydrogen-bond donors (Lipinski definition) is 3. The van der Waals surface area contributed by atoms with Gasteiger partial charge in [-0.1, -0.05) is 25.3 Å². The van der Waals surface area contributed by atoms with Gasteiger partial charge in [0.15, 0.2) is 0 Å². The lowest BCUT2D eigenvalue weighted by molar-refractivity contribution is -0.159. The monoisotopic (exact) mass is 405 g/mol. The third-order valence-electron chi connectivity index (χ3n) is 5.57. The Morgan fingerprint density at radius 3 is 2.24 bits per heavy atom. The summed E-state index contributed by atoms with van der Waals surface area (Å²) in [5, 5.41) is 17.8. The van der Waals surface area contributed by atoms with Crippen LogP contribution in [0.5, 0.6) is 0 Å². The molecule has 1 aliphatic heterocycles. The Labute approximate surface area is 171 Å². The van der Waals surface area contributed by atoms with Gasteiger partial charge < -0.3 is 20.4 Å². The third kappa shape index (κ3) is 8.60. The number of carbonyl (C=O) groups excluding carboxylic acids is 1. The van der Waals surface area contributed by atoms with Crippen molar-refractivity contribution < 1.29 is 24.6 Å². The summed E-state index contributed by atoms with van der Waals surface area (Å²) in [6.07, 6.45) is 12.7. The van der Waals surface area contributed by atoms with E-state index in [0.29, 0.717) is 6.54 Å². The second kappa shape index (κ2) is 12.2. The van der Waals surface area contributed by atoms with Gasteiger partial charge in [0.2, 0.25) is 5.91 Å². The van der Waals surface area contributed by atoms with Crippen molar-refractivity contribution >= 4 is 17.8 Å². The van der Waals surface area contributed by atoms with Crippen LogP contribution in [0.3, 0.4) is 0 Å². The van der Waals surface area contributed by atoms with Crippen LogP contribution >= 0.6 is 0 Å². The molecule has 8 heteroatoms. The van der Waals surface area contributed by atoms with Gasteiger partial charge in [0.05, 0.1) is 0 Å². The molecule has 0 bridgehead atoms. The molecule has 0 unspecified atom stereocenters. The average molecular weight is 405 g/mol. The first-order valence-corrected chi connectivity index (χ1v) is 10.3. The summed E-state index contributed by atoms with van der Waals surface area (Å²) in [6.45, 7) is 4.02. The molecule has 2 fully saturated rings. The van der Waals surface area contributed by atoms with Gasteiger partial charge in [0, 0.05) is 31.4 Å². The van der Waals surface area contributed by atoms with Crippen LogP contribution in [0.2, 0.25) is 0 Å². The highest BCUT2D eigenvalue weighted by atomic mass is 16.4. The van der Waals surface area contributed by atoms with E-state index in [1.54, 1.807) is 6.20 Å². The van der Waals surface area contributed by atoms with E-state index in [2.05, 4.69) is 15.2 Å². The van der Waals surface area contributed by atoms with Crippen molar-refractivity contribution in [2.45, 2.75) is 51.5 Å². The number of carboxylic acids is 2. The third-order valence-corrected chi connectivity index (χ3v) is 5.57. The summed E-state index contributed by atoms with van der Waals surface area (Å²) in [6, 6.07) is 3.91. The number of piperidine rings is 1. The van der Waals surface area contributed by atoms with Crippen molar-refractivity contribution in [3.05, 3.63) is 30.1 Å². The standard InChI is InChI=1S/C19H29N3O.C2H2O4/c23-19(21-14-17-7-4-10-20-13-17)18-8-11-22(12-9-18)15-16-5-2-1-3-6-16;3-1(4)2(5)6/h4,7,10,13,16,18H,1-3,5-6,8-9,11-12,14-15H2,(H,21,23);(H,3,4)(H,5,6). The number of aromatic nitrogens is 1. The van der Waals surface area contributed by atoms with Gasteiger partial charge in [0.1, 0.15) is 0 Å². The number of hydrogen-bond acceptors (Lipinski definition) is 5. The predicted molar refractivity (Wildman–Crippen MR) is 107 cm³/mol. The summed E-state index contributed by atoms with van der Waals surface area (Å²) in [7, 11) is 0. The van der Waals surface area contributed by atoms with Gasteiger partial charge in [-0.2, -0.15) is 0 Å². The van der Waals surface area contributed by atoms with Gasteiger partial charge >= 0.3 is 11.9 Å². The second-order valence-electron chi connectivity index (χ2n) is 7.77. The second-order valence-corrected chi connectivity index (χ2v) is 7.77. The van der Waals surface area contributed by atoms with Crippen LogP contribution in [0.25, 0.3) is 0 Å². The van der Waals surface area contributed by atoms with E-state index in [-0.39, 0.29) is 11.8 Å². The Morgan fingerprint density at radius 2 is 1.69 bits per heavy atom.